The predicted molar refractivity (Wildman–Crippen MR) is 75.3 cm³/mol. The van der Waals surface area contributed by atoms with Crippen LogP contribution in [0.2, 0.25) is 0 Å². The lowest BCUT2D eigenvalue weighted by molar-refractivity contribution is -0.124. The molecule has 0 saturated carbocycles. The molecule has 2 rings (SSSR count). The van der Waals surface area contributed by atoms with Gasteiger partial charge in [0.05, 0.1) is 6.04 Å². The summed E-state index contributed by atoms with van der Waals surface area (Å²) in [6.45, 7) is 3.21. The summed E-state index contributed by atoms with van der Waals surface area (Å²) in [6.07, 6.45) is 0. The summed E-state index contributed by atoms with van der Waals surface area (Å²) in [7, 11) is 2.04. The second-order valence-electron chi connectivity index (χ2n) is 4.61. The first-order valence-electron chi connectivity index (χ1n) is 6.09. The number of piperazine rings is 1. The molecule has 5 heteroatoms. The van der Waals surface area contributed by atoms with Crippen molar-refractivity contribution >= 4 is 21.8 Å². The SMILES string of the molecule is CN1CCNC(C(=O)NCc2ccc(Br)cc2)C1. The topological polar surface area (TPSA) is 44.4 Å². The summed E-state index contributed by atoms with van der Waals surface area (Å²) in [6, 6.07) is 7.87. The van der Waals surface area contributed by atoms with E-state index in [2.05, 4.69) is 31.5 Å². The summed E-state index contributed by atoms with van der Waals surface area (Å²) in [4.78, 5) is 14.1. The highest BCUT2D eigenvalue weighted by atomic mass is 79.9. The maximum atomic E-state index is 12.0. The van der Waals surface area contributed by atoms with E-state index in [1.807, 2.05) is 31.3 Å². The summed E-state index contributed by atoms with van der Waals surface area (Å²) < 4.78 is 1.05. The van der Waals surface area contributed by atoms with E-state index in [1.54, 1.807) is 0 Å². The average molecular weight is 312 g/mol. The van der Waals surface area contributed by atoms with E-state index in [0.29, 0.717) is 6.54 Å². The number of nitrogens with one attached hydrogen (secondary N) is 2. The minimum atomic E-state index is -0.0980. The minimum Gasteiger partial charge on any atom is -0.351 e. The molecular formula is C13H18BrN3O. The van der Waals surface area contributed by atoms with Crippen molar-refractivity contribution in [2.75, 3.05) is 26.7 Å². The molecule has 2 N–H and O–H groups in total. The number of carbonyl (C=O) groups is 1. The standard InChI is InChI=1S/C13H18BrN3O/c1-17-7-6-15-12(9-17)13(18)16-8-10-2-4-11(14)5-3-10/h2-5,12,15H,6-9H2,1H3,(H,16,18). The van der Waals surface area contributed by atoms with E-state index in [0.717, 1.165) is 29.7 Å². The van der Waals surface area contributed by atoms with Crippen LogP contribution in [-0.2, 0) is 11.3 Å². The first kappa shape index (κ1) is 13.5. The molecule has 0 bridgehead atoms. The first-order chi connectivity index (χ1) is 8.65. The zero-order valence-corrected chi connectivity index (χ0v) is 12.0. The van der Waals surface area contributed by atoms with Gasteiger partial charge in [0.15, 0.2) is 0 Å². The lowest BCUT2D eigenvalue weighted by Crippen LogP contribution is -2.55. The van der Waals surface area contributed by atoms with Crippen LogP contribution in [0.15, 0.2) is 28.7 Å². The quantitative estimate of drug-likeness (QED) is 0.874. The Labute approximate surface area is 116 Å². The fraction of sp³-hybridized carbons (Fsp3) is 0.462. The van der Waals surface area contributed by atoms with E-state index >= 15 is 0 Å². The van der Waals surface area contributed by atoms with Crippen molar-refractivity contribution in [1.29, 1.82) is 0 Å². The van der Waals surface area contributed by atoms with E-state index < -0.39 is 0 Å². The Bertz CT molecular complexity index is 407. The van der Waals surface area contributed by atoms with Gasteiger partial charge in [-0.2, -0.15) is 0 Å². The summed E-state index contributed by atoms with van der Waals surface area (Å²) in [5.41, 5.74) is 1.11. The van der Waals surface area contributed by atoms with Crippen molar-refractivity contribution in [2.24, 2.45) is 0 Å². The Kier molecular flexibility index (Phi) is 4.74. The molecule has 1 unspecified atom stereocenters. The van der Waals surface area contributed by atoms with Gasteiger partial charge in [-0.1, -0.05) is 28.1 Å². The molecule has 1 atom stereocenters. The Morgan fingerprint density at radius 3 is 2.89 bits per heavy atom. The normalized spacial score (nSPS) is 20.7. The van der Waals surface area contributed by atoms with Crippen LogP contribution >= 0.6 is 15.9 Å². The largest absolute Gasteiger partial charge is 0.351 e. The fourth-order valence-corrected chi connectivity index (χ4v) is 2.25. The molecule has 1 aliphatic heterocycles. The maximum absolute atomic E-state index is 12.0. The Hall–Kier alpha value is -0.910. The van der Waals surface area contributed by atoms with Gasteiger partial charge in [0.25, 0.3) is 0 Å². The molecule has 0 aliphatic carbocycles. The molecule has 1 aromatic rings. The third-order valence-electron chi connectivity index (χ3n) is 3.07. The number of hydrogen-bond donors (Lipinski definition) is 2. The average Bonchev–Trinajstić information content (AvgIpc) is 2.38. The van der Waals surface area contributed by atoms with E-state index in [9.17, 15) is 4.79 Å². The molecule has 1 fully saturated rings. The monoisotopic (exact) mass is 311 g/mol. The molecule has 98 valence electrons. The van der Waals surface area contributed by atoms with Crippen molar-refractivity contribution in [3.05, 3.63) is 34.3 Å². The van der Waals surface area contributed by atoms with E-state index in [4.69, 9.17) is 0 Å². The van der Waals surface area contributed by atoms with Gasteiger partial charge in [0.2, 0.25) is 5.91 Å². The molecule has 0 spiro atoms. The van der Waals surface area contributed by atoms with Crippen LogP contribution in [-0.4, -0.2) is 43.5 Å². The number of benzene rings is 1. The fourth-order valence-electron chi connectivity index (χ4n) is 1.99. The molecule has 0 aromatic heterocycles. The first-order valence-corrected chi connectivity index (χ1v) is 6.88. The van der Waals surface area contributed by atoms with Crippen molar-refractivity contribution < 1.29 is 4.79 Å². The molecule has 1 saturated heterocycles. The molecule has 1 heterocycles. The highest BCUT2D eigenvalue weighted by Gasteiger charge is 2.22. The number of likely N-dealkylation sites (N-methyl/N-ethyl adjacent to an activating group) is 1. The number of halogens is 1. The lowest BCUT2D eigenvalue weighted by atomic mass is 10.2. The van der Waals surface area contributed by atoms with Gasteiger partial charge < -0.3 is 15.5 Å². The molecule has 18 heavy (non-hydrogen) atoms. The van der Waals surface area contributed by atoms with Crippen LogP contribution in [0, 0.1) is 0 Å². The van der Waals surface area contributed by atoms with Crippen molar-refractivity contribution in [1.82, 2.24) is 15.5 Å². The van der Waals surface area contributed by atoms with E-state index in [-0.39, 0.29) is 11.9 Å². The van der Waals surface area contributed by atoms with Crippen molar-refractivity contribution in [2.45, 2.75) is 12.6 Å². The van der Waals surface area contributed by atoms with Crippen LogP contribution in [0.3, 0.4) is 0 Å². The zero-order chi connectivity index (χ0) is 13.0. The van der Waals surface area contributed by atoms with Crippen LogP contribution in [0.4, 0.5) is 0 Å². The van der Waals surface area contributed by atoms with Gasteiger partial charge in [0, 0.05) is 30.7 Å². The van der Waals surface area contributed by atoms with E-state index in [1.165, 1.54) is 0 Å². The van der Waals surface area contributed by atoms with Crippen molar-refractivity contribution in [3.63, 3.8) is 0 Å². The van der Waals surface area contributed by atoms with Gasteiger partial charge in [-0.25, -0.2) is 0 Å². The number of amides is 1. The Morgan fingerprint density at radius 2 is 2.22 bits per heavy atom. The number of hydrogen-bond acceptors (Lipinski definition) is 3. The summed E-state index contributed by atoms with van der Waals surface area (Å²) >= 11 is 3.39. The third kappa shape index (κ3) is 3.80. The predicted octanol–water partition coefficient (Wildman–Crippen LogP) is 0.969. The number of rotatable bonds is 3. The summed E-state index contributed by atoms with van der Waals surface area (Å²) in [5, 5.41) is 6.20. The second kappa shape index (κ2) is 6.31. The third-order valence-corrected chi connectivity index (χ3v) is 3.60. The highest BCUT2D eigenvalue weighted by molar-refractivity contribution is 9.10. The molecule has 1 aliphatic rings. The Balaban J connectivity index is 1.82. The second-order valence-corrected chi connectivity index (χ2v) is 5.53. The Morgan fingerprint density at radius 1 is 1.50 bits per heavy atom. The highest BCUT2D eigenvalue weighted by Crippen LogP contribution is 2.10. The smallest absolute Gasteiger partial charge is 0.238 e. The van der Waals surface area contributed by atoms with Gasteiger partial charge in [-0.15, -0.1) is 0 Å². The van der Waals surface area contributed by atoms with Crippen LogP contribution in [0.25, 0.3) is 0 Å². The zero-order valence-electron chi connectivity index (χ0n) is 10.4. The molecule has 0 radical (unpaired) electrons. The molecule has 4 nitrogen and oxygen atoms in total. The van der Waals surface area contributed by atoms with Crippen LogP contribution in [0.5, 0.6) is 0 Å². The lowest BCUT2D eigenvalue weighted by Gasteiger charge is -2.29. The van der Waals surface area contributed by atoms with Gasteiger partial charge in [-0.3, -0.25) is 4.79 Å². The number of carbonyl (C=O) groups excluding carboxylic acids is 1. The molecular weight excluding hydrogens is 294 g/mol. The van der Waals surface area contributed by atoms with Gasteiger partial charge in [-0.05, 0) is 24.7 Å². The molecule has 1 aromatic carbocycles. The minimum absolute atomic E-state index is 0.0736. The number of nitrogens with zero attached hydrogens (tertiary/aromatic N) is 1. The maximum Gasteiger partial charge on any atom is 0.238 e. The summed E-state index contributed by atoms with van der Waals surface area (Å²) in [5.74, 6) is 0.0736. The van der Waals surface area contributed by atoms with Crippen molar-refractivity contribution in [3.8, 4) is 0 Å². The van der Waals surface area contributed by atoms with Gasteiger partial charge in [0.1, 0.15) is 0 Å². The molecule has 1 amide bonds. The van der Waals surface area contributed by atoms with Crippen LogP contribution < -0.4 is 10.6 Å². The van der Waals surface area contributed by atoms with Gasteiger partial charge >= 0.3 is 0 Å². The van der Waals surface area contributed by atoms with Crippen LogP contribution in [0.1, 0.15) is 5.56 Å².